The molecule has 2 N–H and O–H groups in total. The molecule has 0 saturated heterocycles. The standard InChI is InChI=1S/C9H15BrN4O4S/c1-14-9(8(10)12-13-14)19(17,18)11-6-4-2-3-5-7(15)16/h11H,2-6H2,1H3,(H,15,16). The van der Waals surface area contributed by atoms with Gasteiger partial charge in [0.2, 0.25) is 5.03 Å². The first-order valence-electron chi connectivity index (χ1n) is 5.61. The third-order valence-electron chi connectivity index (χ3n) is 2.35. The second-order valence-corrected chi connectivity index (χ2v) is 6.34. The van der Waals surface area contributed by atoms with Crippen molar-refractivity contribution in [1.82, 2.24) is 19.7 Å². The zero-order valence-electron chi connectivity index (χ0n) is 10.3. The van der Waals surface area contributed by atoms with E-state index in [1.807, 2.05) is 0 Å². The monoisotopic (exact) mass is 354 g/mol. The van der Waals surface area contributed by atoms with E-state index in [4.69, 9.17) is 5.11 Å². The van der Waals surface area contributed by atoms with Gasteiger partial charge < -0.3 is 5.11 Å². The van der Waals surface area contributed by atoms with Crippen LogP contribution in [0.3, 0.4) is 0 Å². The molecule has 0 spiro atoms. The van der Waals surface area contributed by atoms with Crippen molar-refractivity contribution in [2.75, 3.05) is 6.54 Å². The Hall–Kier alpha value is -1.00. The van der Waals surface area contributed by atoms with Crippen LogP contribution in [0.15, 0.2) is 9.63 Å². The molecule has 108 valence electrons. The van der Waals surface area contributed by atoms with Crippen LogP contribution in [0, 0.1) is 0 Å². The number of nitrogens with one attached hydrogen (secondary N) is 1. The van der Waals surface area contributed by atoms with Gasteiger partial charge in [-0.2, -0.15) is 0 Å². The van der Waals surface area contributed by atoms with Crippen molar-refractivity contribution >= 4 is 31.9 Å². The van der Waals surface area contributed by atoms with E-state index in [9.17, 15) is 13.2 Å². The number of hydrogen-bond donors (Lipinski definition) is 2. The molecule has 19 heavy (non-hydrogen) atoms. The van der Waals surface area contributed by atoms with Gasteiger partial charge in [0, 0.05) is 20.0 Å². The molecule has 0 unspecified atom stereocenters. The Morgan fingerprint density at radius 1 is 1.42 bits per heavy atom. The third kappa shape index (κ3) is 4.88. The number of halogens is 1. The van der Waals surface area contributed by atoms with E-state index in [2.05, 4.69) is 31.0 Å². The topological polar surface area (TPSA) is 114 Å². The molecule has 8 nitrogen and oxygen atoms in total. The minimum absolute atomic E-state index is 0.0296. The molecule has 0 saturated carbocycles. The molecule has 0 amide bonds. The largest absolute Gasteiger partial charge is 0.481 e. The van der Waals surface area contributed by atoms with E-state index >= 15 is 0 Å². The summed E-state index contributed by atoms with van der Waals surface area (Å²) in [5.74, 6) is -0.842. The Bertz CT molecular complexity index is 523. The van der Waals surface area contributed by atoms with Crippen LogP contribution < -0.4 is 4.72 Å². The number of aliphatic carboxylic acids is 1. The molecule has 0 fully saturated rings. The van der Waals surface area contributed by atoms with Crippen molar-refractivity contribution < 1.29 is 18.3 Å². The van der Waals surface area contributed by atoms with E-state index in [0.717, 1.165) is 4.68 Å². The Morgan fingerprint density at radius 3 is 2.63 bits per heavy atom. The van der Waals surface area contributed by atoms with Crippen molar-refractivity contribution in [2.45, 2.75) is 30.7 Å². The van der Waals surface area contributed by atoms with Crippen molar-refractivity contribution in [2.24, 2.45) is 7.05 Å². The lowest BCUT2D eigenvalue weighted by atomic mass is 10.2. The number of sulfonamides is 1. The number of carboxylic acid groups (broad SMARTS) is 1. The van der Waals surface area contributed by atoms with Gasteiger partial charge in [0.25, 0.3) is 10.0 Å². The van der Waals surface area contributed by atoms with E-state index in [1.54, 1.807) is 0 Å². The average Bonchev–Trinajstić information content (AvgIpc) is 2.63. The van der Waals surface area contributed by atoms with Crippen molar-refractivity contribution in [3.8, 4) is 0 Å². The fourth-order valence-corrected chi connectivity index (χ4v) is 3.62. The summed E-state index contributed by atoms with van der Waals surface area (Å²) in [5, 5.41) is 15.6. The van der Waals surface area contributed by atoms with Gasteiger partial charge in [0.1, 0.15) is 0 Å². The number of unbranched alkanes of at least 4 members (excludes halogenated alkanes) is 2. The van der Waals surface area contributed by atoms with Crippen LogP contribution in [0.1, 0.15) is 25.7 Å². The average molecular weight is 355 g/mol. The predicted molar refractivity (Wildman–Crippen MR) is 70.0 cm³/mol. The maximum atomic E-state index is 11.9. The minimum Gasteiger partial charge on any atom is -0.481 e. The summed E-state index contributed by atoms with van der Waals surface area (Å²) < 4.78 is 27.6. The maximum absolute atomic E-state index is 11.9. The lowest BCUT2D eigenvalue weighted by molar-refractivity contribution is -0.137. The quantitative estimate of drug-likeness (QED) is 0.657. The molecule has 0 bridgehead atoms. The molecular weight excluding hydrogens is 340 g/mol. The molecule has 1 rings (SSSR count). The Morgan fingerprint density at radius 2 is 2.11 bits per heavy atom. The molecule has 0 aliphatic heterocycles. The molecule has 0 atom stereocenters. The van der Waals surface area contributed by atoms with Gasteiger partial charge in [-0.25, -0.2) is 17.8 Å². The summed E-state index contributed by atoms with van der Waals surface area (Å²) >= 11 is 3.02. The number of aromatic nitrogens is 3. The molecule has 1 aromatic rings. The molecule has 1 heterocycles. The molecule has 0 radical (unpaired) electrons. The highest BCUT2D eigenvalue weighted by atomic mass is 79.9. The number of carbonyl (C=O) groups is 1. The van der Waals surface area contributed by atoms with Crippen LogP contribution in [-0.4, -0.2) is 41.0 Å². The lowest BCUT2D eigenvalue weighted by Crippen LogP contribution is -2.27. The van der Waals surface area contributed by atoms with Gasteiger partial charge in [-0.1, -0.05) is 11.6 Å². The van der Waals surface area contributed by atoms with Gasteiger partial charge in [0.15, 0.2) is 4.60 Å². The first-order chi connectivity index (χ1) is 8.84. The van der Waals surface area contributed by atoms with E-state index < -0.39 is 16.0 Å². The second kappa shape index (κ2) is 6.96. The van der Waals surface area contributed by atoms with Gasteiger partial charge >= 0.3 is 5.97 Å². The zero-order chi connectivity index (χ0) is 14.5. The Kier molecular flexibility index (Phi) is 5.88. The maximum Gasteiger partial charge on any atom is 0.303 e. The van der Waals surface area contributed by atoms with Crippen LogP contribution in [0.5, 0.6) is 0 Å². The second-order valence-electron chi connectivity index (χ2n) is 3.91. The molecule has 0 aromatic carbocycles. The van der Waals surface area contributed by atoms with E-state index in [1.165, 1.54) is 7.05 Å². The summed E-state index contributed by atoms with van der Waals surface area (Å²) in [4.78, 5) is 10.3. The van der Waals surface area contributed by atoms with Crippen molar-refractivity contribution in [3.63, 3.8) is 0 Å². The fourth-order valence-electron chi connectivity index (χ4n) is 1.46. The SMILES string of the molecule is Cn1nnc(Br)c1S(=O)(=O)NCCCCCC(=O)O. The van der Waals surface area contributed by atoms with Crippen LogP contribution in [0.2, 0.25) is 0 Å². The van der Waals surface area contributed by atoms with Crippen molar-refractivity contribution in [3.05, 3.63) is 4.60 Å². The molecule has 10 heteroatoms. The zero-order valence-corrected chi connectivity index (χ0v) is 12.7. The molecule has 0 aliphatic carbocycles. The van der Waals surface area contributed by atoms with Crippen molar-refractivity contribution in [1.29, 1.82) is 0 Å². The summed E-state index contributed by atoms with van der Waals surface area (Å²) in [5.41, 5.74) is 0. The molecular formula is C9H15BrN4O4S. The highest BCUT2D eigenvalue weighted by molar-refractivity contribution is 9.10. The van der Waals surface area contributed by atoms with Crippen LogP contribution >= 0.6 is 15.9 Å². The number of aryl methyl sites for hydroxylation is 1. The van der Waals surface area contributed by atoms with E-state index in [0.29, 0.717) is 19.3 Å². The Balaban J connectivity index is 2.42. The van der Waals surface area contributed by atoms with Gasteiger partial charge in [-0.3, -0.25) is 4.79 Å². The number of carboxylic acids is 1. The number of rotatable bonds is 8. The van der Waals surface area contributed by atoms with Gasteiger partial charge in [-0.05, 0) is 28.8 Å². The predicted octanol–water partition coefficient (Wildman–Crippen LogP) is 0.501. The van der Waals surface area contributed by atoms with Crippen LogP contribution in [0.25, 0.3) is 0 Å². The van der Waals surface area contributed by atoms with Crippen LogP contribution in [-0.2, 0) is 21.9 Å². The van der Waals surface area contributed by atoms with Gasteiger partial charge in [-0.15, -0.1) is 5.10 Å². The highest BCUT2D eigenvalue weighted by Crippen LogP contribution is 2.17. The lowest BCUT2D eigenvalue weighted by Gasteiger charge is -2.06. The summed E-state index contributed by atoms with van der Waals surface area (Å²) in [6, 6.07) is 0. The van der Waals surface area contributed by atoms with Crippen LogP contribution in [0.4, 0.5) is 0 Å². The number of nitrogens with zero attached hydrogens (tertiary/aromatic N) is 3. The summed E-state index contributed by atoms with van der Waals surface area (Å²) in [7, 11) is -2.17. The van der Waals surface area contributed by atoms with Gasteiger partial charge in [0.05, 0.1) is 0 Å². The smallest absolute Gasteiger partial charge is 0.303 e. The summed E-state index contributed by atoms with van der Waals surface area (Å²) in [6.45, 7) is 0.250. The normalized spacial score (nSPS) is 11.7. The summed E-state index contributed by atoms with van der Waals surface area (Å²) in [6.07, 6.45) is 1.87. The highest BCUT2D eigenvalue weighted by Gasteiger charge is 2.23. The van der Waals surface area contributed by atoms with E-state index in [-0.39, 0.29) is 22.6 Å². The molecule has 0 aliphatic rings. The first-order valence-corrected chi connectivity index (χ1v) is 7.89. The number of hydrogen-bond acceptors (Lipinski definition) is 5. The minimum atomic E-state index is -3.66. The third-order valence-corrected chi connectivity index (χ3v) is 4.70. The fraction of sp³-hybridized carbons (Fsp3) is 0.667. The first kappa shape index (κ1) is 16.1. The molecule has 1 aromatic heterocycles. The Labute approximate surface area is 119 Å².